The Kier molecular flexibility index (Phi) is 11.7. The van der Waals surface area contributed by atoms with Crippen LogP contribution in [0.1, 0.15) is 63.7 Å². The number of amides is 2. The smallest absolute Gasteiger partial charge is 0.309 e. The summed E-state index contributed by atoms with van der Waals surface area (Å²) in [4.78, 5) is 52.6. The fraction of sp³-hybridized carbons (Fsp3) is 0.486. The fourth-order valence-corrected chi connectivity index (χ4v) is 5.65. The van der Waals surface area contributed by atoms with Gasteiger partial charge in [-0.05, 0) is 41.7 Å². The summed E-state index contributed by atoms with van der Waals surface area (Å²) in [6.07, 6.45) is 3.40. The molecule has 2 aromatic carbocycles. The van der Waals surface area contributed by atoms with Crippen LogP contribution in [0.15, 0.2) is 66.7 Å². The quantitative estimate of drug-likeness (QED) is 0.336. The van der Waals surface area contributed by atoms with Crippen LogP contribution in [0.3, 0.4) is 0 Å². The van der Waals surface area contributed by atoms with Gasteiger partial charge in [-0.3, -0.25) is 19.2 Å². The number of carbonyl (C=O) groups is 4. The number of rotatable bonds is 8. The third-order valence-electron chi connectivity index (χ3n) is 8.16. The Morgan fingerprint density at radius 2 is 1.70 bits per heavy atom. The average molecular weight is 605 g/mol. The lowest BCUT2D eigenvalue weighted by Gasteiger charge is -2.26. The highest BCUT2D eigenvalue weighted by Crippen LogP contribution is 2.45. The monoisotopic (exact) mass is 604 g/mol. The van der Waals surface area contributed by atoms with Crippen molar-refractivity contribution in [2.45, 2.75) is 77.2 Å². The van der Waals surface area contributed by atoms with Gasteiger partial charge in [-0.25, -0.2) is 0 Å². The first-order chi connectivity index (χ1) is 21.1. The molecule has 0 bridgehead atoms. The maximum Gasteiger partial charge on any atom is 0.309 e. The fourth-order valence-electron chi connectivity index (χ4n) is 5.65. The molecule has 2 amide bonds. The van der Waals surface area contributed by atoms with E-state index in [1.807, 2.05) is 63.2 Å². The molecule has 236 valence electrons. The second-order valence-electron chi connectivity index (χ2n) is 12.1. The van der Waals surface area contributed by atoms with Crippen molar-refractivity contribution in [3.63, 3.8) is 0 Å². The van der Waals surface area contributed by atoms with Gasteiger partial charge in [0.05, 0.1) is 19.1 Å². The molecule has 0 saturated carbocycles. The van der Waals surface area contributed by atoms with Gasteiger partial charge in [0.15, 0.2) is 0 Å². The normalized spacial score (nSPS) is 26.7. The first-order valence-corrected chi connectivity index (χ1v) is 15.4. The highest BCUT2D eigenvalue weighted by molar-refractivity contribution is 5.93. The number of Topliss-reactive ketones (excluding diaryl/α,β-unsaturated/α-hetero) is 1. The highest BCUT2D eigenvalue weighted by atomic mass is 16.6. The molecule has 0 aromatic heterocycles. The molecule has 9 heteroatoms. The number of ketones is 1. The van der Waals surface area contributed by atoms with Crippen molar-refractivity contribution in [1.29, 1.82) is 0 Å². The first kappa shape index (κ1) is 32.9. The van der Waals surface area contributed by atoms with E-state index in [4.69, 9.17) is 14.2 Å². The van der Waals surface area contributed by atoms with Crippen LogP contribution in [0.5, 0.6) is 5.75 Å². The maximum absolute atomic E-state index is 13.5. The van der Waals surface area contributed by atoms with Crippen LogP contribution < -0.4 is 15.4 Å². The summed E-state index contributed by atoms with van der Waals surface area (Å²) >= 11 is 0. The van der Waals surface area contributed by atoms with Crippen molar-refractivity contribution >= 4 is 23.6 Å². The van der Waals surface area contributed by atoms with Crippen LogP contribution >= 0.6 is 0 Å². The predicted octanol–water partition coefficient (Wildman–Crippen LogP) is 4.50. The van der Waals surface area contributed by atoms with Gasteiger partial charge >= 0.3 is 5.97 Å². The molecule has 1 saturated heterocycles. The summed E-state index contributed by atoms with van der Waals surface area (Å²) in [5, 5.41) is 5.58. The molecular formula is C35H44N2O7. The first-order valence-electron chi connectivity index (χ1n) is 15.4. The zero-order valence-corrected chi connectivity index (χ0v) is 26.0. The number of nitrogens with one attached hydrogen (secondary N) is 2. The Balaban J connectivity index is 1.54. The second-order valence-corrected chi connectivity index (χ2v) is 12.1. The molecule has 2 heterocycles. The molecule has 44 heavy (non-hydrogen) atoms. The summed E-state index contributed by atoms with van der Waals surface area (Å²) in [5.74, 6) is -1.27. The highest BCUT2D eigenvalue weighted by Gasteiger charge is 2.47. The molecule has 0 unspecified atom stereocenters. The number of carbonyl (C=O) groups excluding carboxylic acids is 4. The van der Waals surface area contributed by atoms with E-state index in [1.165, 1.54) is 6.08 Å². The van der Waals surface area contributed by atoms with E-state index in [9.17, 15) is 19.2 Å². The topological polar surface area (TPSA) is 123 Å². The van der Waals surface area contributed by atoms with E-state index in [0.29, 0.717) is 12.2 Å². The number of epoxide rings is 1. The van der Waals surface area contributed by atoms with Crippen molar-refractivity contribution in [3.8, 4) is 5.75 Å². The SMILES string of the molecule is COc1ccc(C[C@H]2NC(=O)/C=C/C[C@@H]([C@H](C)[C@H]3O[C@H]3c3ccccc3)OC(=O)[C@H](CC(C)C)CC(=O)CCNC2=O)cc1. The Bertz CT molecular complexity index is 1310. The van der Waals surface area contributed by atoms with Crippen molar-refractivity contribution < 1.29 is 33.4 Å². The Labute approximate surface area is 259 Å². The minimum atomic E-state index is -0.851. The van der Waals surface area contributed by atoms with E-state index in [-0.39, 0.29) is 68.0 Å². The third-order valence-corrected chi connectivity index (χ3v) is 8.16. The van der Waals surface area contributed by atoms with E-state index in [1.54, 1.807) is 25.3 Å². The van der Waals surface area contributed by atoms with Gasteiger partial charge in [0, 0.05) is 38.1 Å². The lowest BCUT2D eigenvalue weighted by Crippen LogP contribution is -2.48. The van der Waals surface area contributed by atoms with Crippen molar-refractivity contribution in [1.82, 2.24) is 10.6 Å². The van der Waals surface area contributed by atoms with E-state index in [0.717, 1.165) is 11.1 Å². The van der Waals surface area contributed by atoms with Gasteiger partial charge in [-0.15, -0.1) is 0 Å². The molecule has 2 aliphatic rings. The minimum Gasteiger partial charge on any atom is -0.497 e. The van der Waals surface area contributed by atoms with Crippen LogP contribution in [0.25, 0.3) is 0 Å². The number of esters is 1. The molecule has 0 radical (unpaired) electrons. The summed E-state index contributed by atoms with van der Waals surface area (Å²) < 4.78 is 17.3. The zero-order valence-electron chi connectivity index (χ0n) is 26.0. The van der Waals surface area contributed by atoms with Gasteiger partial charge in [0.1, 0.15) is 29.8 Å². The molecule has 0 aliphatic carbocycles. The maximum atomic E-state index is 13.5. The molecule has 2 N–H and O–H groups in total. The standard InChI is InChI=1S/C35H44N2O7/c1-22(2)19-26-21-27(38)17-18-36-34(40)29(20-24-13-15-28(42-4)16-14-24)37-31(39)12-8-11-30(43-35(26)41)23(3)32-33(44-32)25-9-6-5-7-10-25/h5-10,12-16,22-23,26,29-30,32-33H,11,17-21H2,1-4H3,(H,36,40)(H,37,39)/b12-8+/t23-,26+,29+,30-,32+,33-/m0/s1. The lowest BCUT2D eigenvalue weighted by molar-refractivity contribution is -0.158. The van der Waals surface area contributed by atoms with Crippen LogP contribution in [0.4, 0.5) is 0 Å². The number of cyclic esters (lactones) is 1. The zero-order chi connectivity index (χ0) is 31.6. The second kappa shape index (κ2) is 15.7. The number of ether oxygens (including phenoxy) is 3. The van der Waals surface area contributed by atoms with Gasteiger partial charge in [0.2, 0.25) is 11.8 Å². The minimum absolute atomic E-state index is 0.0441. The molecule has 0 spiro atoms. The molecule has 2 aliphatic heterocycles. The summed E-state index contributed by atoms with van der Waals surface area (Å²) in [6.45, 7) is 6.09. The molecule has 2 aromatic rings. The molecule has 4 rings (SSSR count). The molecule has 1 fully saturated rings. The van der Waals surface area contributed by atoms with Crippen molar-refractivity contribution in [2.75, 3.05) is 13.7 Å². The largest absolute Gasteiger partial charge is 0.497 e. The number of methoxy groups -OCH3 is 1. The molecule has 6 atom stereocenters. The van der Waals surface area contributed by atoms with Crippen molar-refractivity contribution in [2.24, 2.45) is 17.8 Å². The summed E-state index contributed by atoms with van der Waals surface area (Å²) in [7, 11) is 1.58. The van der Waals surface area contributed by atoms with Gasteiger partial charge < -0.3 is 24.8 Å². The van der Waals surface area contributed by atoms with E-state index in [2.05, 4.69) is 10.6 Å². The predicted molar refractivity (Wildman–Crippen MR) is 166 cm³/mol. The summed E-state index contributed by atoms with van der Waals surface area (Å²) in [5.41, 5.74) is 1.90. The Morgan fingerprint density at radius 3 is 2.39 bits per heavy atom. The van der Waals surface area contributed by atoms with Crippen molar-refractivity contribution in [3.05, 3.63) is 77.9 Å². The molecular weight excluding hydrogens is 560 g/mol. The number of benzene rings is 2. The van der Waals surface area contributed by atoms with Crippen LogP contribution in [0.2, 0.25) is 0 Å². The Hall–Kier alpha value is -3.98. The van der Waals surface area contributed by atoms with Gasteiger partial charge in [0.25, 0.3) is 0 Å². The van der Waals surface area contributed by atoms with Crippen LogP contribution in [-0.2, 0) is 35.1 Å². The van der Waals surface area contributed by atoms with E-state index >= 15 is 0 Å². The lowest BCUT2D eigenvalue weighted by atomic mass is 9.90. The van der Waals surface area contributed by atoms with Gasteiger partial charge in [-0.1, -0.05) is 69.3 Å². The third kappa shape index (κ3) is 9.51. The van der Waals surface area contributed by atoms with Gasteiger partial charge in [-0.2, -0.15) is 0 Å². The number of hydrogen-bond acceptors (Lipinski definition) is 7. The average Bonchev–Trinajstić information content (AvgIpc) is 3.81. The number of hydrogen-bond donors (Lipinski definition) is 2. The van der Waals surface area contributed by atoms with Crippen LogP contribution in [-0.4, -0.2) is 55.5 Å². The van der Waals surface area contributed by atoms with Crippen LogP contribution in [0, 0.1) is 17.8 Å². The Morgan fingerprint density at radius 1 is 0.977 bits per heavy atom. The molecule has 9 nitrogen and oxygen atoms in total. The summed E-state index contributed by atoms with van der Waals surface area (Å²) in [6, 6.07) is 16.3. The van der Waals surface area contributed by atoms with E-state index < -0.39 is 29.9 Å².